The summed E-state index contributed by atoms with van der Waals surface area (Å²) < 4.78 is 0. The maximum atomic E-state index is 4.31. The third-order valence-electron chi connectivity index (χ3n) is 1.73. The van der Waals surface area contributed by atoms with Crippen molar-refractivity contribution in [3.8, 4) is 0 Å². The minimum absolute atomic E-state index is 0.838. The van der Waals surface area contributed by atoms with E-state index in [1.807, 2.05) is 29.6 Å². The molecule has 0 aliphatic carbocycles. The second-order valence-electron chi connectivity index (χ2n) is 2.77. The molecule has 0 spiro atoms. The lowest BCUT2D eigenvalue weighted by molar-refractivity contribution is 1.08. The van der Waals surface area contributed by atoms with Gasteiger partial charge < -0.3 is 0 Å². The highest BCUT2D eigenvalue weighted by molar-refractivity contribution is 8.07. The predicted molar refractivity (Wildman–Crippen MR) is 60.7 cm³/mol. The molecule has 12 heavy (non-hydrogen) atoms. The molecular weight excluding hydrogens is 204 g/mol. The van der Waals surface area contributed by atoms with E-state index in [4.69, 9.17) is 0 Å². The lowest BCUT2D eigenvalue weighted by atomic mass is 10.4. The van der Waals surface area contributed by atoms with Crippen LogP contribution in [0.2, 0.25) is 0 Å². The fourth-order valence-electron chi connectivity index (χ4n) is 1.03. The second kappa shape index (κ2) is 3.99. The van der Waals surface area contributed by atoms with E-state index in [1.54, 1.807) is 0 Å². The van der Waals surface area contributed by atoms with Crippen LogP contribution in [-0.2, 0) is 0 Å². The van der Waals surface area contributed by atoms with Gasteiger partial charge in [-0.05, 0) is 18.2 Å². The van der Waals surface area contributed by atoms with Crippen molar-refractivity contribution in [2.45, 2.75) is 15.0 Å². The van der Waals surface area contributed by atoms with E-state index in [-0.39, 0.29) is 0 Å². The van der Waals surface area contributed by atoms with Crippen molar-refractivity contribution in [3.63, 3.8) is 0 Å². The van der Waals surface area contributed by atoms with Crippen LogP contribution in [0.15, 0.2) is 34.1 Å². The monoisotopic (exact) mass is 214 g/mol. The van der Waals surface area contributed by atoms with Gasteiger partial charge in [-0.2, -0.15) is 11.8 Å². The van der Waals surface area contributed by atoms with E-state index in [9.17, 15) is 0 Å². The molecule has 1 saturated heterocycles. The summed E-state index contributed by atoms with van der Waals surface area (Å²) in [5.41, 5.74) is 0. The van der Waals surface area contributed by atoms with E-state index in [2.05, 4.69) is 30.8 Å². The molecule has 0 aromatic heterocycles. The molecule has 64 valence electrons. The first-order valence-electron chi connectivity index (χ1n) is 3.88. The van der Waals surface area contributed by atoms with Crippen molar-refractivity contribution in [1.29, 1.82) is 0 Å². The Morgan fingerprint density at radius 1 is 1.42 bits per heavy atom. The first kappa shape index (κ1) is 8.85. The highest BCUT2D eigenvalue weighted by atomic mass is 32.2. The van der Waals surface area contributed by atoms with E-state index in [0.29, 0.717) is 0 Å². The molecule has 0 saturated carbocycles. The van der Waals surface area contributed by atoms with Gasteiger partial charge in [0.1, 0.15) is 0 Å². The Balaban J connectivity index is 2.02. The van der Waals surface area contributed by atoms with Crippen molar-refractivity contribution >= 4 is 36.2 Å². The standard InChI is InChI=1S/C9H10S3/c10-7-2-1-3-8(4-7)12-9-5-11-6-9/h1-4,9-10H,5-6H2. The summed E-state index contributed by atoms with van der Waals surface area (Å²) in [6.45, 7) is 0. The molecule has 0 atom stereocenters. The fourth-order valence-corrected chi connectivity index (χ4v) is 3.63. The SMILES string of the molecule is Sc1cccc(SC2CSC2)c1. The lowest BCUT2D eigenvalue weighted by Gasteiger charge is -2.23. The summed E-state index contributed by atoms with van der Waals surface area (Å²) in [5, 5.41) is 0.838. The summed E-state index contributed by atoms with van der Waals surface area (Å²) in [6, 6.07) is 8.38. The molecule has 0 bridgehead atoms. The van der Waals surface area contributed by atoms with E-state index in [1.165, 1.54) is 16.4 Å². The van der Waals surface area contributed by atoms with Crippen molar-refractivity contribution in [3.05, 3.63) is 24.3 Å². The topological polar surface area (TPSA) is 0 Å². The molecule has 1 fully saturated rings. The van der Waals surface area contributed by atoms with E-state index >= 15 is 0 Å². The first-order valence-corrected chi connectivity index (χ1v) is 6.36. The van der Waals surface area contributed by atoms with Crippen LogP contribution >= 0.6 is 36.2 Å². The average molecular weight is 214 g/mol. The summed E-state index contributed by atoms with van der Waals surface area (Å²) in [7, 11) is 0. The molecule has 0 nitrogen and oxygen atoms in total. The number of hydrogen-bond acceptors (Lipinski definition) is 3. The third-order valence-corrected chi connectivity index (χ3v) is 4.90. The zero-order chi connectivity index (χ0) is 8.39. The quantitative estimate of drug-likeness (QED) is 0.751. The maximum absolute atomic E-state index is 4.31. The zero-order valence-corrected chi connectivity index (χ0v) is 9.09. The molecule has 0 N–H and O–H groups in total. The van der Waals surface area contributed by atoms with Crippen molar-refractivity contribution in [2.24, 2.45) is 0 Å². The van der Waals surface area contributed by atoms with Gasteiger partial charge in [0.25, 0.3) is 0 Å². The number of thiol groups is 1. The van der Waals surface area contributed by atoms with Gasteiger partial charge in [0, 0.05) is 26.5 Å². The van der Waals surface area contributed by atoms with Crippen LogP contribution in [0.1, 0.15) is 0 Å². The Kier molecular flexibility index (Phi) is 2.94. The molecule has 0 unspecified atom stereocenters. The maximum Gasteiger partial charge on any atom is 0.0276 e. The molecular formula is C9H10S3. The van der Waals surface area contributed by atoms with Crippen molar-refractivity contribution in [1.82, 2.24) is 0 Å². The van der Waals surface area contributed by atoms with Crippen LogP contribution in [0.3, 0.4) is 0 Å². The van der Waals surface area contributed by atoms with Gasteiger partial charge in [0.2, 0.25) is 0 Å². The molecule has 1 aliphatic rings. The van der Waals surface area contributed by atoms with Gasteiger partial charge in [-0.3, -0.25) is 0 Å². The van der Waals surface area contributed by atoms with Crippen LogP contribution in [0.25, 0.3) is 0 Å². The summed E-state index contributed by atoms with van der Waals surface area (Å²) in [4.78, 5) is 2.42. The smallest absolute Gasteiger partial charge is 0.0276 e. The van der Waals surface area contributed by atoms with Gasteiger partial charge >= 0.3 is 0 Å². The Hall–Kier alpha value is 0.270. The van der Waals surface area contributed by atoms with Gasteiger partial charge in [-0.25, -0.2) is 0 Å². The fraction of sp³-hybridized carbons (Fsp3) is 0.333. The number of rotatable bonds is 2. The predicted octanol–water partition coefficient (Wildman–Crippen LogP) is 3.18. The number of hydrogen-bond donors (Lipinski definition) is 1. The van der Waals surface area contributed by atoms with Crippen LogP contribution < -0.4 is 0 Å². The summed E-state index contributed by atoms with van der Waals surface area (Å²) >= 11 is 8.31. The summed E-state index contributed by atoms with van der Waals surface area (Å²) in [5.74, 6) is 2.61. The Bertz CT molecular complexity index is 268. The minimum Gasteiger partial charge on any atom is -0.160 e. The van der Waals surface area contributed by atoms with Crippen LogP contribution in [0, 0.1) is 0 Å². The molecule has 0 radical (unpaired) electrons. The Labute approximate surface area is 86.9 Å². The van der Waals surface area contributed by atoms with E-state index < -0.39 is 0 Å². The second-order valence-corrected chi connectivity index (χ2v) is 5.74. The van der Waals surface area contributed by atoms with Crippen LogP contribution in [-0.4, -0.2) is 16.8 Å². The molecule has 3 heteroatoms. The molecule has 1 heterocycles. The average Bonchev–Trinajstić information content (AvgIpc) is 1.97. The van der Waals surface area contributed by atoms with Crippen molar-refractivity contribution < 1.29 is 0 Å². The molecule has 2 rings (SSSR count). The highest BCUT2D eigenvalue weighted by Gasteiger charge is 2.18. The molecule has 1 aromatic carbocycles. The Morgan fingerprint density at radius 3 is 2.83 bits per heavy atom. The third kappa shape index (κ3) is 2.15. The van der Waals surface area contributed by atoms with Gasteiger partial charge in [0.05, 0.1) is 0 Å². The van der Waals surface area contributed by atoms with Crippen LogP contribution in [0.4, 0.5) is 0 Å². The minimum atomic E-state index is 0.838. The zero-order valence-electron chi connectivity index (χ0n) is 6.56. The Morgan fingerprint density at radius 2 is 2.25 bits per heavy atom. The van der Waals surface area contributed by atoms with Crippen molar-refractivity contribution in [2.75, 3.05) is 11.5 Å². The van der Waals surface area contributed by atoms with Gasteiger partial charge in [0.15, 0.2) is 0 Å². The van der Waals surface area contributed by atoms with E-state index in [0.717, 1.165) is 10.1 Å². The molecule has 1 aliphatic heterocycles. The normalized spacial score (nSPS) is 17.4. The number of benzene rings is 1. The summed E-state index contributed by atoms with van der Waals surface area (Å²) in [6.07, 6.45) is 0. The highest BCUT2D eigenvalue weighted by Crippen LogP contribution is 2.34. The lowest BCUT2D eigenvalue weighted by Crippen LogP contribution is -2.20. The van der Waals surface area contributed by atoms with Crippen LogP contribution in [0.5, 0.6) is 0 Å². The first-order chi connectivity index (χ1) is 5.84. The largest absolute Gasteiger partial charge is 0.160 e. The number of thioether (sulfide) groups is 2. The van der Waals surface area contributed by atoms with Gasteiger partial charge in [-0.15, -0.1) is 24.4 Å². The molecule has 1 aromatic rings. The molecule has 0 amide bonds. The van der Waals surface area contributed by atoms with Gasteiger partial charge in [-0.1, -0.05) is 6.07 Å².